The Hall–Kier alpha value is -1.93. The quantitative estimate of drug-likeness (QED) is 0.552. The van der Waals surface area contributed by atoms with E-state index in [1.807, 2.05) is 6.07 Å². The maximum atomic E-state index is 13.9. The van der Waals surface area contributed by atoms with Gasteiger partial charge in [0.05, 0.1) is 4.90 Å². The molecule has 2 N–H and O–H groups in total. The van der Waals surface area contributed by atoms with Gasteiger partial charge >= 0.3 is 0 Å². The lowest BCUT2D eigenvalue weighted by atomic mass is 10.1. The molecule has 0 radical (unpaired) electrons. The molecule has 0 atom stereocenters. The molecule has 0 aliphatic carbocycles. The molecule has 0 unspecified atom stereocenters. The van der Waals surface area contributed by atoms with E-state index in [-0.39, 0.29) is 5.82 Å². The van der Waals surface area contributed by atoms with Gasteiger partial charge in [0, 0.05) is 36.4 Å². The van der Waals surface area contributed by atoms with Gasteiger partial charge in [0.1, 0.15) is 5.82 Å². The zero-order valence-corrected chi connectivity index (χ0v) is 17.2. The van der Waals surface area contributed by atoms with Crippen LogP contribution in [0.5, 0.6) is 0 Å². The number of guanidine groups is 1. The Morgan fingerprint density at radius 3 is 2.42 bits per heavy atom. The number of aryl methyl sites for hydroxylation is 1. The van der Waals surface area contributed by atoms with Crippen LogP contribution < -0.4 is 10.6 Å². The van der Waals surface area contributed by atoms with Gasteiger partial charge in [0.25, 0.3) is 0 Å². The van der Waals surface area contributed by atoms with Crippen LogP contribution in [0.25, 0.3) is 0 Å². The molecule has 0 aliphatic heterocycles. The lowest BCUT2D eigenvalue weighted by Crippen LogP contribution is -2.36. The normalized spacial score (nSPS) is 12.1. The number of halogens is 2. The Balaban J connectivity index is 1.98. The molecule has 2 aromatic carbocycles. The Morgan fingerprint density at radius 1 is 1.15 bits per heavy atom. The first-order valence-corrected chi connectivity index (χ1v) is 10.6. The first-order valence-electron chi connectivity index (χ1n) is 7.88. The largest absolute Gasteiger partial charge is 0.352 e. The molecule has 5 nitrogen and oxygen atoms in total. The summed E-state index contributed by atoms with van der Waals surface area (Å²) in [5.41, 5.74) is 2.16. The number of hydrogen-bond donors (Lipinski definition) is 2. The molecule has 0 aromatic heterocycles. The van der Waals surface area contributed by atoms with Crippen LogP contribution in [0, 0.1) is 12.7 Å². The molecule has 0 saturated heterocycles. The van der Waals surface area contributed by atoms with Gasteiger partial charge in [-0.05, 0) is 36.2 Å². The zero-order chi connectivity index (χ0) is 19.3. The van der Waals surface area contributed by atoms with Crippen molar-refractivity contribution < 1.29 is 12.8 Å². The summed E-state index contributed by atoms with van der Waals surface area (Å²) in [5.74, 6) is 0.228. The van der Waals surface area contributed by atoms with Gasteiger partial charge in [-0.25, -0.2) is 12.8 Å². The van der Waals surface area contributed by atoms with Crippen LogP contribution >= 0.6 is 15.9 Å². The maximum Gasteiger partial charge on any atom is 0.191 e. The SMILES string of the molecule is CN=C(NCc1ccc(S(C)(=O)=O)c(C)c1)NCc1ccc(Br)cc1F. The van der Waals surface area contributed by atoms with Crippen LogP contribution in [0.1, 0.15) is 16.7 Å². The third-order valence-electron chi connectivity index (χ3n) is 3.78. The lowest BCUT2D eigenvalue weighted by molar-refractivity contribution is 0.601. The highest BCUT2D eigenvalue weighted by Crippen LogP contribution is 2.17. The second kappa shape index (κ2) is 8.64. The van der Waals surface area contributed by atoms with Crippen LogP contribution in [0.15, 0.2) is 50.8 Å². The zero-order valence-electron chi connectivity index (χ0n) is 14.8. The molecule has 140 valence electrons. The van der Waals surface area contributed by atoms with E-state index >= 15 is 0 Å². The lowest BCUT2D eigenvalue weighted by Gasteiger charge is -2.13. The van der Waals surface area contributed by atoms with Crippen molar-refractivity contribution in [2.24, 2.45) is 4.99 Å². The number of sulfone groups is 1. The third-order valence-corrected chi connectivity index (χ3v) is 5.53. The molecule has 2 rings (SSSR count). The summed E-state index contributed by atoms with van der Waals surface area (Å²) in [4.78, 5) is 4.44. The van der Waals surface area contributed by atoms with Crippen molar-refractivity contribution in [3.8, 4) is 0 Å². The predicted octanol–water partition coefficient (Wildman–Crippen LogP) is 3.17. The van der Waals surface area contributed by atoms with Crippen LogP contribution in [-0.4, -0.2) is 27.7 Å². The molecule has 8 heteroatoms. The van der Waals surface area contributed by atoms with Gasteiger partial charge in [-0.1, -0.05) is 34.1 Å². The van der Waals surface area contributed by atoms with Crippen LogP contribution in [0.2, 0.25) is 0 Å². The first-order chi connectivity index (χ1) is 12.2. The molecule has 0 bridgehead atoms. The fourth-order valence-corrected chi connectivity index (χ4v) is 3.78. The Labute approximate surface area is 161 Å². The fraction of sp³-hybridized carbons (Fsp3) is 0.278. The van der Waals surface area contributed by atoms with E-state index in [0.29, 0.717) is 39.5 Å². The average molecular weight is 442 g/mol. The van der Waals surface area contributed by atoms with Crippen molar-refractivity contribution in [2.45, 2.75) is 24.9 Å². The average Bonchev–Trinajstić information content (AvgIpc) is 2.55. The molecule has 0 fully saturated rings. The van der Waals surface area contributed by atoms with Gasteiger partial charge in [-0.3, -0.25) is 4.99 Å². The van der Waals surface area contributed by atoms with E-state index in [4.69, 9.17) is 0 Å². The van der Waals surface area contributed by atoms with Crippen molar-refractivity contribution in [2.75, 3.05) is 13.3 Å². The van der Waals surface area contributed by atoms with E-state index in [9.17, 15) is 12.8 Å². The molecule has 0 aliphatic rings. The number of aliphatic imine (C=N–C) groups is 1. The molecule has 26 heavy (non-hydrogen) atoms. The monoisotopic (exact) mass is 441 g/mol. The topological polar surface area (TPSA) is 70.6 Å². The van der Waals surface area contributed by atoms with Crippen LogP contribution in [0.3, 0.4) is 0 Å². The minimum Gasteiger partial charge on any atom is -0.352 e. The van der Waals surface area contributed by atoms with Crippen molar-refractivity contribution in [3.05, 3.63) is 63.4 Å². The Bertz CT molecular complexity index is 930. The first kappa shape index (κ1) is 20.4. The van der Waals surface area contributed by atoms with E-state index in [2.05, 4.69) is 31.6 Å². The Kier molecular flexibility index (Phi) is 6.77. The minimum absolute atomic E-state index is 0.296. The number of nitrogens with one attached hydrogen (secondary N) is 2. The summed E-state index contributed by atoms with van der Waals surface area (Å²) in [6.45, 7) is 2.53. The summed E-state index contributed by atoms with van der Waals surface area (Å²) in [7, 11) is -1.60. The van der Waals surface area contributed by atoms with Gasteiger partial charge in [-0.2, -0.15) is 0 Å². The molecule has 2 aromatic rings. The van der Waals surface area contributed by atoms with E-state index in [1.54, 1.807) is 38.2 Å². The highest BCUT2D eigenvalue weighted by atomic mass is 79.9. The summed E-state index contributed by atoms with van der Waals surface area (Å²) in [6, 6.07) is 10.1. The highest BCUT2D eigenvalue weighted by Gasteiger charge is 2.11. The molecular weight excluding hydrogens is 421 g/mol. The predicted molar refractivity (Wildman–Crippen MR) is 105 cm³/mol. The second-order valence-electron chi connectivity index (χ2n) is 5.89. The minimum atomic E-state index is -3.23. The van der Waals surface area contributed by atoms with Crippen molar-refractivity contribution >= 4 is 31.7 Å². The number of benzene rings is 2. The van der Waals surface area contributed by atoms with Crippen molar-refractivity contribution in [3.63, 3.8) is 0 Å². The summed E-state index contributed by atoms with van der Waals surface area (Å²) < 4.78 is 37.9. The van der Waals surface area contributed by atoms with E-state index in [1.165, 1.54) is 12.3 Å². The summed E-state index contributed by atoms with van der Waals surface area (Å²) in [6.07, 6.45) is 1.19. The van der Waals surface area contributed by atoms with Crippen LogP contribution in [-0.2, 0) is 22.9 Å². The van der Waals surface area contributed by atoms with E-state index < -0.39 is 9.84 Å². The number of rotatable bonds is 5. The van der Waals surface area contributed by atoms with Gasteiger partial charge in [0.15, 0.2) is 15.8 Å². The molecule has 0 spiro atoms. The maximum absolute atomic E-state index is 13.9. The summed E-state index contributed by atoms with van der Waals surface area (Å²) >= 11 is 3.23. The molecule has 0 saturated carbocycles. The number of nitrogens with zero attached hydrogens (tertiary/aromatic N) is 1. The van der Waals surface area contributed by atoms with E-state index in [0.717, 1.165) is 5.56 Å². The molecule has 0 amide bonds. The second-order valence-corrected chi connectivity index (χ2v) is 8.79. The van der Waals surface area contributed by atoms with Gasteiger partial charge < -0.3 is 10.6 Å². The fourth-order valence-electron chi connectivity index (χ4n) is 2.49. The van der Waals surface area contributed by atoms with Gasteiger partial charge in [-0.15, -0.1) is 0 Å². The van der Waals surface area contributed by atoms with Crippen LogP contribution in [0.4, 0.5) is 4.39 Å². The Morgan fingerprint density at radius 2 is 1.85 bits per heavy atom. The number of hydrogen-bond acceptors (Lipinski definition) is 3. The van der Waals surface area contributed by atoms with Gasteiger partial charge in [0.2, 0.25) is 0 Å². The van der Waals surface area contributed by atoms with Crippen molar-refractivity contribution in [1.29, 1.82) is 0 Å². The molecular formula is C18H21BrFN3O2S. The summed E-state index contributed by atoms with van der Waals surface area (Å²) in [5, 5.41) is 6.18. The standard InChI is InChI=1S/C18H21BrFN3O2S/c1-12-8-13(4-7-17(12)26(3,24)25)10-22-18(21-2)23-11-14-5-6-15(19)9-16(14)20/h4-9H,10-11H2,1-3H3,(H2,21,22,23). The van der Waals surface area contributed by atoms with Crippen molar-refractivity contribution in [1.82, 2.24) is 10.6 Å². The highest BCUT2D eigenvalue weighted by molar-refractivity contribution is 9.10. The third kappa shape index (κ3) is 5.54. The molecule has 0 heterocycles. The smallest absolute Gasteiger partial charge is 0.191 e.